The summed E-state index contributed by atoms with van der Waals surface area (Å²) >= 11 is 0. The summed E-state index contributed by atoms with van der Waals surface area (Å²) in [6.07, 6.45) is 0. The zero-order valence-electron chi connectivity index (χ0n) is 16.0. The Hall–Kier alpha value is -3.06. The number of nitrogens with zero attached hydrogens (tertiary/aromatic N) is 2. The maximum Gasteiger partial charge on any atom is 0.253 e. The van der Waals surface area contributed by atoms with Crippen LogP contribution in [0.1, 0.15) is 10.4 Å². The molecule has 0 bridgehead atoms. The monoisotopic (exact) mass is 368 g/mol. The summed E-state index contributed by atoms with van der Waals surface area (Å²) in [4.78, 5) is 22.5. The largest absolute Gasteiger partial charge is 0.493 e. The Kier molecular flexibility index (Phi) is 5.61. The molecule has 27 heavy (non-hydrogen) atoms. The van der Waals surface area contributed by atoms with E-state index in [2.05, 4.69) is 15.3 Å². The van der Waals surface area contributed by atoms with Crippen molar-refractivity contribution in [3.8, 4) is 22.9 Å². The van der Waals surface area contributed by atoms with Crippen LogP contribution in [0.4, 0.5) is 0 Å². The number of likely N-dealkylation sites (N-methyl/N-ethyl adjacent to an activating group) is 1. The first-order valence-electron chi connectivity index (χ1n) is 8.68. The molecule has 1 heterocycles. The number of amides is 1. The molecule has 0 fully saturated rings. The van der Waals surface area contributed by atoms with Crippen molar-refractivity contribution in [1.29, 1.82) is 0 Å². The fraction of sp³-hybridized carbons (Fsp3) is 0.300. The zero-order chi connectivity index (χ0) is 19.4. The number of aromatic amines is 1. The predicted molar refractivity (Wildman–Crippen MR) is 106 cm³/mol. The lowest BCUT2D eigenvalue weighted by Gasteiger charge is -2.10. The minimum absolute atomic E-state index is 0.141. The average molecular weight is 368 g/mol. The number of hydrogen-bond donors (Lipinski definition) is 2. The first kappa shape index (κ1) is 18.7. The first-order chi connectivity index (χ1) is 13.0. The Morgan fingerprint density at radius 1 is 1.15 bits per heavy atom. The highest BCUT2D eigenvalue weighted by Crippen LogP contribution is 2.37. The van der Waals surface area contributed by atoms with Gasteiger partial charge in [-0.25, -0.2) is 4.98 Å². The van der Waals surface area contributed by atoms with E-state index in [9.17, 15) is 4.79 Å². The Morgan fingerprint density at radius 3 is 2.63 bits per heavy atom. The lowest BCUT2D eigenvalue weighted by molar-refractivity contribution is 0.0952. The molecular weight excluding hydrogens is 344 g/mol. The van der Waals surface area contributed by atoms with Crippen LogP contribution in [0.5, 0.6) is 11.5 Å². The lowest BCUT2D eigenvalue weighted by Crippen LogP contribution is -2.31. The van der Waals surface area contributed by atoms with E-state index in [1.807, 2.05) is 49.3 Å². The quantitative estimate of drug-likeness (QED) is 0.670. The summed E-state index contributed by atoms with van der Waals surface area (Å²) in [5.41, 5.74) is 2.72. The number of rotatable bonds is 7. The van der Waals surface area contributed by atoms with Gasteiger partial charge in [0.25, 0.3) is 5.91 Å². The van der Waals surface area contributed by atoms with Crippen molar-refractivity contribution >= 4 is 16.9 Å². The molecule has 0 saturated heterocycles. The fourth-order valence-electron chi connectivity index (χ4n) is 2.90. The van der Waals surface area contributed by atoms with E-state index in [4.69, 9.17) is 9.47 Å². The van der Waals surface area contributed by atoms with Gasteiger partial charge in [-0.2, -0.15) is 0 Å². The molecule has 0 unspecified atom stereocenters. The maximum atomic E-state index is 12.6. The van der Waals surface area contributed by atoms with Crippen molar-refractivity contribution in [1.82, 2.24) is 20.2 Å². The molecule has 1 amide bonds. The van der Waals surface area contributed by atoms with E-state index in [0.29, 0.717) is 34.9 Å². The van der Waals surface area contributed by atoms with E-state index >= 15 is 0 Å². The van der Waals surface area contributed by atoms with Crippen molar-refractivity contribution in [3.05, 3.63) is 42.0 Å². The number of carbonyl (C=O) groups is 1. The molecule has 0 saturated carbocycles. The minimum Gasteiger partial charge on any atom is -0.493 e. The van der Waals surface area contributed by atoms with Crippen LogP contribution in [-0.4, -0.2) is 62.2 Å². The lowest BCUT2D eigenvalue weighted by atomic mass is 10.1. The number of ether oxygens (including phenoxy) is 2. The molecule has 0 aliphatic rings. The van der Waals surface area contributed by atoms with Gasteiger partial charge >= 0.3 is 0 Å². The van der Waals surface area contributed by atoms with E-state index in [0.717, 1.165) is 17.6 Å². The van der Waals surface area contributed by atoms with Crippen LogP contribution in [0.15, 0.2) is 36.4 Å². The SMILES string of the molecule is COc1cccc(-c2nc3c(C(=O)NCCN(C)C)cccc3[nH]2)c1OC. The van der Waals surface area contributed by atoms with Crippen molar-refractivity contribution in [2.24, 2.45) is 0 Å². The van der Waals surface area contributed by atoms with E-state index < -0.39 is 0 Å². The summed E-state index contributed by atoms with van der Waals surface area (Å²) < 4.78 is 10.9. The molecule has 0 aliphatic carbocycles. The van der Waals surface area contributed by atoms with E-state index in [1.54, 1.807) is 20.3 Å². The third-order valence-electron chi connectivity index (χ3n) is 4.26. The van der Waals surface area contributed by atoms with Gasteiger partial charge in [0.2, 0.25) is 0 Å². The Balaban J connectivity index is 1.98. The Morgan fingerprint density at radius 2 is 1.93 bits per heavy atom. The fourth-order valence-corrected chi connectivity index (χ4v) is 2.90. The number of fused-ring (bicyclic) bond motifs is 1. The van der Waals surface area contributed by atoms with E-state index in [-0.39, 0.29) is 5.91 Å². The number of H-pyrrole nitrogens is 1. The second-order valence-corrected chi connectivity index (χ2v) is 6.39. The van der Waals surface area contributed by atoms with Gasteiger partial charge in [0.1, 0.15) is 11.3 Å². The standard InChI is InChI=1S/C20H24N4O3/c1-24(2)12-11-21-20(25)13-7-5-9-15-17(13)23-19(22-15)14-8-6-10-16(26-3)18(14)27-4/h5-10H,11-12H2,1-4H3,(H,21,25)(H,22,23). The molecule has 142 valence electrons. The van der Waals surface area contributed by atoms with Crippen LogP contribution in [0.3, 0.4) is 0 Å². The van der Waals surface area contributed by atoms with Gasteiger partial charge in [0.15, 0.2) is 11.5 Å². The normalized spacial score (nSPS) is 11.0. The molecular formula is C20H24N4O3. The summed E-state index contributed by atoms with van der Waals surface area (Å²) in [6, 6.07) is 11.1. The summed E-state index contributed by atoms with van der Waals surface area (Å²) in [5, 5.41) is 2.93. The average Bonchev–Trinajstić information content (AvgIpc) is 3.10. The molecule has 7 nitrogen and oxygen atoms in total. The second kappa shape index (κ2) is 8.09. The number of nitrogens with one attached hydrogen (secondary N) is 2. The molecule has 1 aromatic heterocycles. The molecule has 0 aliphatic heterocycles. The van der Waals surface area contributed by atoms with Crippen LogP contribution in [0, 0.1) is 0 Å². The highest BCUT2D eigenvalue weighted by Gasteiger charge is 2.18. The zero-order valence-corrected chi connectivity index (χ0v) is 16.0. The summed E-state index contributed by atoms with van der Waals surface area (Å²) in [6.45, 7) is 1.34. The predicted octanol–water partition coefficient (Wildman–Crippen LogP) is 2.54. The second-order valence-electron chi connectivity index (χ2n) is 6.39. The molecule has 3 rings (SSSR count). The molecule has 0 spiro atoms. The van der Waals surface area contributed by atoms with E-state index in [1.165, 1.54) is 0 Å². The molecule has 3 aromatic rings. The van der Waals surface area contributed by atoms with Crippen molar-refractivity contribution in [2.75, 3.05) is 41.4 Å². The van der Waals surface area contributed by atoms with Gasteiger partial charge in [-0.15, -0.1) is 0 Å². The first-order valence-corrected chi connectivity index (χ1v) is 8.68. The summed E-state index contributed by atoms with van der Waals surface area (Å²) in [7, 11) is 7.12. The number of carbonyl (C=O) groups excluding carboxylic acids is 1. The number of methoxy groups -OCH3 is 2. The Bertz CT molecular complexity index is 950. The number of benzene rings is 2. The number of para-hydroxylation sites is 2. The smallest absolute Gasteiger partial charge is 0.253 e. The topological polar surface area (TPSA) is 79.5 Å². The van der Waals surface area contributed by atoms with Gasteiger partial charge in [-0.05, 0) is 38.4 Å². The van der Waals surface area contributed by atoms with Crippen LogP contribution in [-0.2, 0) is 0 Å². The number of aromatic nitrogens is 2. The van der Waals surface area contributed by atoms with Gasteiger partial charge in [0.05, 0.1) is 30.9 Å². The van der Waals surface area contributed by atoms with Gasteiger partial charge < -0.3 is 24.7 Å². The van der Waals surface area contributed by atoms with Crippen LogP contribution in [0.2, 0.25) is 0 Å². The summed E-state index contributed by atoms with van der Waals surface area (Å²) in [5.74, 6) is 1.69. The maximum absolute atomic E-state index is 12.6. The highest BCUT2D eigenvalue weighted by atomic mass is 16.5. The number of hydrogen-bond acceptors (Lipinski definition) is 5. The van der Waals surface area contributed by atoms with Crippen molar-refractivity contribution < 1.29 is 14.3 Å². The van der Waals surface area contributed by atoms with Gasteiger partial charge in [0, 0.05) is 13.1 Å². The van der Waals surface area contributed by atoms with Crippen molar-refractivity contribution in [3.63, 3.8) is 0 Å². The van der Waals surface area contributed by atoms with Crippen molar-refractivity contribution in [2.45, 2.75) is 0 Å². The van der Waals surface area contributed by atoms with Gasteiger partial charge in [-0.1, -0.05) is 12.1 Å². The molecule has 2 N–H and O–H groups in total. The van der Waals surface area contributed by atoms with Crippen LogP contribution in [0.25, 0.3) is 22.4 Å². The van der Waals surface area contributed by atoms with Gasteiger partial charge in [-0.3, -0.25) is 4.79 Å². The number of imidazole rings is 1. The Labute approximate surface area is 158 Å². The van der Waals surface area contributed by atoms with Crippen LogP contribution < -0.4 is 14.8 Å². The van der Waals surface area contributed by atoms with Crippen LogP contribution >= 0.6 is 0 Å². The molecule has 0 atom stereocenters. The molecule has 7 heteroatoms. The molecule has 2 aromatic carbocycles. The third kappa shape index (κ3) is 3.88. The minimum atomic E-state index is -0.141. The highest BCUT2D eigenvalue weighted by molar-refractivity contribution is 6.05. The third-order valence-corrected chi connectivity index (χ3v) is 4.26. The molecule has 0 radical (unpaired) electrons.